The smallest absolute Gasteiger partial charge is 0.169 e. The first-order valence-corrected chi connectivity index (χ1v) is 15.1. The van der Waals surface area contributed by atoms with E-state index in [1.807, 2.05) is 48.5 Å². The fourth-order valence-electron chi connectivity index (χ4n) is 7.32. The topological polar surface area (TPSA) is 94.9 Å². The molecule has 0 amide bonds. The maximum Gasteiger partial charge on any atom is 0.169 e. The Labute approximate surface area is 257 Å². The van der Waals surface area contributed by atoms with Gasteiger partial charge >= 0.3 is 0 Å². The predicted octanol–water partition coefficient (Wildman–Crippen LogP) is 6.14. The molecule has 0 unspecified atom stereocenters. The number of likely N-dealkylation sites (N-methyl/N-ethyl adjacent to an activating group) is 2. The van der Waals surface area contributed by atoms with Crippen molar-refractivity contribution in [3.63, 3.8) is 0 Å². The lowest BCUT2D eigenvalue weighted by Gasteiger charge is -2.40. The SMILES string of the molecule is COc1cc2c3c(c1O)-c1c(O)c(OC)cc4c1[C@H](Cc1ccc(cc1)Oc1cc(ccc1O)C[C@H]3N(C)CC2)N(C)CC4. The molecule has 2 atom stereocenters. The summed E-state index contributed by atoms with van der Waals surface area (Å²) in [7, 11) is 7.34. The zero-order valence-electron chi connectivity index (χ0n) is 25.6. The van der Waals surface area contributed by atoms with Gasteiger partial charge < -0.3 is 29.5 Å². The molecule has 0 aromatic heterocycles. The summed E-state index contributed by atoms with van der Waals surface area (Å²) in [6, 6.07) is 17.1. The Balaban J connectivity index is 1.58. The molecule has 4 aliphatic rings. The lowest BCUT2D eigenvalue weighted by atomic mass is 9.77. The highest BCUT2D eigenvalue weighted by molar-refractivity contribution is 5.88. The van der Waals surface area contributed by atoms with Crippen LogP contribution in [0.25, 0.3) is 11.1 Å². The quantitative estimate of drug-likeness (QED) is 0.255. The number of fused-ring (bicyclic) bond motifs is 2. The Kier molecular flexibility index (Phi) is 7.06. The number of aromatic hydroxyl groups is 3. The molecule has 8 nitrogen and oxygen atoms in total. The number of benzene rings is 4. The van der Waals surface area contributed by atoms with Crippen molar-refractivity contribution in [2.45, 2.75) is 37.8 Å². The van der Waals surface area contributed by atoms with Gasteiger partial charge in [-0.3, -0.25) is 9.80 Å². The van der Waals surface area contributed by atoms with Crippen LogP contribution in [0.2, 0.25) is 0 Å². The van der Waals surface area contributed by atoms with Crippen LogP contribution in [0.4, 0.5) is 0 Å². The summed E-state index contributed by atoms with van der Waals surface area (Å²) in [5.74, 6) is 1.89. The van der Waals surface area contributed by atoms with E-state index < -0.39 is 0 Å². The number of phenolic OH excluding ortho intramolecular Hbond substituents is 3. The van der Waals surface area contributed by atoms with Crippen molar-refractivity contribution in [3.8, 4) is 51.4 Å². The third-order valence-electron chi connectivity index (χ3n) is 9.70. The molecule has 8 heteroatoms. The highest BCUT2D eigenvalue weighted by Crippen LogP contribution is 2.55. The maximum absolute atomic E-state index is 12.0. The molecule has 0 aliphatic carbocycles. The number of phenols is 3. The van der Waals surface area contributed by atoms with Gasteiger partial charge in [0.2, 0.25) is 0 Å². The van der Waals surface area contributed by atoms with E-state index in [4.69, 9.17) is 14.2 Å². The Hall–Kier alpha value is -4.40. The fraction of sp³-hybridized carbons (Fsp3) is 0.333. The van der Waals surface area contributed by atoms with E-state index in [2.05, 4.69) is 23.9 Å². The van der Waals surface area contributed by atoms with E-state index in [0.29, 0.717) is 47.0 Å². The van der Waals surface area contributed by atoms with E-state index >= 15 is 0 Å². The number of ether oxygens (including phenoxy) is 3. The number of nitrogens with zero attached hydrogens (tertiary/aromatic N) is 2. The van der Waals surface area contributed by atoms with Gasteiger partial charge in [-0.2, -0.15) is 0 Å². The third kappa shape index (κ3) is 4.60. The molecule has 4 aromatic carbocycles. The lowest BCUT2D eigenvalue weighted by molar-refractivity contribution is 0.226. The molecule has 8 rings (SSSR count). The van der Waals surface area contributed by atoms with Gasteiger partial charge in [0, 0.05) is 36.3 Å². The minimum atomic E-state index is -0.143. The van der Waals surface area contributed by atoms with E-state index in [9.17, 15) is 15.3 Å². The average molecular weight is 595 g/mol. The zero-order valence-corrected chi connectivity index (χ0v) is 25.6. The maximum atomic E-state index is 12.0. The summed E-state index contributed by atoms with van der Waals surface area (Å²) in [4.78, 5) is 4.61. The van der Waals surface area contributed by atoms with Crippen molar-refractivity contribution in [2.75, 3.05) is 41.4 Å². The van der Waals surface area contributed by atoms with Crippen molar-refractivity contribution >= 4 is 0 Å². The normalized spacial score (nSPS) is 19.5. The second-order valence-electron chi connectivity index (χ2n) is 12.2. The number of methoxy groups -OCH3 is 2. The van der Waals surface area contributed by atoms with Crippen LogP contribution in [-0.4, -0.2) is 66.5 Å². The molecule has 0 spiro atoms. The average Bonchev–Trinajstić information content (AvgIpc) is 3.02. The monoisotopic (exact) mass is 594 g/mol. The minimum Gasteiger partial charge on any atom is -0.504 e. The Morgan fingerprint density at radius 2 is 1.18 bits per heavy atom. The van der Waals surface area contributed by atoms with Gasteiger partial charge in [0.05, 0.1) is 14.2 Å². The number of hydrogen-bond donors (Lipinski definition) is 3. The van der Waals surface area contributed by atoms with Crippen LogP contribution >= 0.6 is 0 Å². The van der Waals surface area contributed by atoms with Crippen LogP contribution in [0.3, 0.4) is 0 Å². The molecule has 4 aromatic rings. The second kappa shape index (κ2) is 10.9. The Bertz CT molecular complexity index is 1750. The van der Waals surface area contributed by atoms with Gasteiger partial charge in [-0.05, 0) is 110 Å². The van der Waals surface area contributed by atoms with Crippen LogP contribution < -0.4 is 14.2 Å². The summed E-state index contributed by atoms with van der Waals surface area (Å²) < 4.78 is 17.7. The molecule has 0 fully saturated rings. The molecule has 4 heterocycles. The van der Waals surface area contributed by atoms with Gasteiger partial charge in [0.25, 0.3) is 0 Å². The zero-order chi connectivity index (χ0) is 30.7. The first-order chi connectivity index (χ1) is 21.3. The van der Waals surface area contributed by atoms with Crippen molar-refractivity contribution in [3.05, 3.63) is 88.0 Å². The Morgan fingerprint density at radius 3 is 1.70 bits per heavy atom. The van der Waals surface area contributed by atoms with Gasteiger partial charge in [-0.15, -0.1) is 0 Å². The molecular weight excluding hydrogens is 556 g/mol. The largest absolute Gasteiger partial charge is 0.504 e. The lowest BCUT2D eigenvalue weighted by Crippen LogP contribution is -2.35. The van der Waals surface area contributed by atoms with Crippen molar-refractivity contribution < 1.29 is 29.5 Å². The summed E-state index contributed by atoms with van der Waals surface area (Å²) in [5, 5.41) is 34.7. The van der Waals surface area contributed by atoms with Crippen molar-refractivity contribution in [2.24, 2.45) is 0 Å². The summed E-state index contributed by atoms with van der Waals surface area (Å²) in [6.07, 6.45) is 2.82. The molecule has 228 valence electrons. The van der Waals surface area contributed by atoms with Gasteiger partial charge in [-0.25, -0.2) is 0 Å². The first kappa shape index (κ1) is 28.4. The van der Waals surface area contributed by atoms with E-state index in [1.165, 1.54) is 0 Å². The number of hydrogen-bond acceptors (Lipinski definition) is 8. The van der Waals surface area contributed by atoms with Crippen LogP contribution in [0.1, 0.15) is 45.5 Å². The molecule has 0 saturated carbocycles. The molecule has 4 bridgehead atoms. The molecular formula is C36H38N2O6. The standard InChI is InChI=1S/C36H38N2O6/c1-37-13-11-22-18-29(42-3)35(40)33-31(22)25(37)15-20-5-8-24(9-6-20)44-28-17-21(7-10-27(28)39)16-26-32-23(12-14-38(26)2)19-30(43-4)36(41)34(32)33/h5-10,17-19,25-26,39-41H,11-16H2,1-4H3/t25-,26+/m0/s1. The van der Waals surface area contributed by atoms with Crippen molar-refractivity contribution in [1.82, 2.24) is 9.80 Å². The molecule has 44 heavy (non-hydrogen) atoms. The highest BCUT2D eigenvalue weighted by Gasteiger charge is 2.38. The molecule has 4 aliphatic heterocycles. The highest BCUT2D eigenvalue weighted by atomic mass is 16.5. The van der Waals surface area contributed by atoms with Gasteiger partial charge in [0.1, 0.15) is 5.75 Å². The molecule has 3 N–H and O–H groups in total. The Morgan fingerprint density at radius 1 is 0.682 bits per heavy atom. The predicted molar refractivity (Wildman–Crippen MR) is 168 cm³/mol. The van der Waals surface area contributed by atoms with Crippen LogP contribution in [0.5, 0.6) is 40.2 Å². The second-order valence-corrected chi connectivity index (χ2v) is 12.2. The van der Waals surface area contributed by atoms with Crippen molar-refractivity contribution in [1.29, 1.82) is 0 Å². The van der Waals surface area contributed by atoms with Gasteiger partial charge in [0.15, 0.2) is 34.5 Å². The third-order valence-corrected chi connectivity index (χ3v) is 9.70. The summed E-state index contributed by atoms with van der Waals surface area (Å²) in [5.41, 5.74) is 7.38. The van der Waals surface area contributed by atoms with Gasteiger partial charge in [-0.1, -0.05) is 18.2 Å². The number of rotatable bonds is 2. The minimum absolute atomic E-state index is 0.00415. The summed E-state index contributed by atoms with van der Waals surface area (Å²) in [6.45, 7) is 1.65. The van der Waals surface area contributed by atoms with Crippen LogP contribution in [-0.2, 0) is 25.7 Å². The summed E-state index contributed by atoms with van der Waals surface area (Å²) >= 11 is 0. The van der Waals surface area contributed by atoms with E-state index in [-0.39, 0.29) is 29.3 Å². The fourth-order valence-corrected chi connectivity index (χ4v) is 7.32. The van der Waals surface area contributed by atoms with E-state index in [0.717, 1.165) is 59.3 Å². The molecule has 0 saturated heterocycles. The van der Waals surface area contributed by atoms with E-state index in [1.54, 1.807) is 20.3 Å². The molecule has 0 radical (unpaired) electrons. The van der Waals surface area contributed by atoms with Crippen LogP contribution in [0.15, 0.2) is 54.6 Å². The first-order valence-electron chi connectivity index (χ1n) is 15.1. The van der Waals surface area contributed by atoms with Crippen LogP contribution in [0, 0.1) is 0 Å².